The number of furan rings is 1. The Labute approximate surface area is 360 Å². The van der Waals surface area contributed by atoms with E-state index in [9.17, 15) is 0 Å². The summed E-state index contributed by atoms with van der Waals surface area (Å²) in [6, 6.07) is 57.2. The van der Waals surface area contributed by atoms with Gasteiger partial charge in [0.25, 0.3) is 0 Å². The van der Waals surface area contributed by atoms with Crippen LogP contribution in [0.4, 0.5) is 0 Å². The normalized spacial score (nSPS) is 12.3. The summed E-state index contributed by atoms with van der Waals surface area (Å²) in [7, 11) is 11.1. The first-order valence-electron chi connectivity index (χ1n) is 20.9. The van der Waals surface area contributed by atoms with E-state index < -0.39 is 0 Å². The van der Waals surface area contributed by atoms with Gasteiger partial charge in [0.1, 0.15) is 56.2 Å². The van der Waals surface area contributed by atoms with Crippen molar-refractivity contribution in [3.05, 3.63) is 180 Å². The molecule has 0 bridgehead atoms. The number of hydrogen-bond donors (Lipinski definition) is 1. The second kappa shape index (κ2) is 15.5. The number of nitrogens with two attached hydrogens (primary N) is 1. The lowest BCUT2D eigenvalue weighted by molar-refractivity contribution is 0.668. The zero-order valence-electron chi connectivity index (χ0n) is 35.1. The van der Waals surface area contributed by atoms with Crippen LogP contribution in [0.15, 0.2) is 178 Å². The molecule has 0 spiro atoms. The molecule has 10 heteroatoms. The van der Waals surface area contributed by atoms with Crippen molar-refractivity contribution >= 4 is 122 Å². The zero-order valence-corrected chi connectivity index (χ0v) is 35.1. The molecule has 0 unspecified atom stereocenters. The highest BCUT2D eigenvalue weighted by Crippen LogP contribution is 2.38. The van der Waals surface area contributed by atoms with E-state index in [0.29, 0.717) is 18.2 Å². The summed E-state index contributed by atoms with van der Waals surface area (Å²) >= 11 is 0. The number of amidine groups is 2. The van der Waals surface area contributed by atoms with Crippen molar-refractivity contribution in [1.29, 1.82) is 0 Å². The molecule has 2 N–H and O–H groups in total. The van der Waals surface area contributed by atoms with Crippen LogP contribution in [0.25, 0.3) is 71.7 Å². The fourth-order valence-electron chi connectivity index (χ4n) is 9.10. The van der Waals surface area contributed by atoms with Crippen molar-refractivity contribution < 1.29 is 4.42 Å². The van der Waals surface area contributed by atoms with Gasteiger partial charge in [0, 0.05) is 38.4 Å². The molecule has 8 aromatic carbocycles. The standard InChI is InChI=1S/C51H41B5N4O/c52-45-44(46(53)48(55)49(56)47(45)54)32-13-9-14-33(25-32)50(57)59-51(29-11-3-1-4-12-29)58-28-34-15-10-20-42-43(34)38-27-31(22-24-41(38)61-42)30-21-23-40-37(26-30)36-18-7-8-19-39(36)60(40)35-16-5-2-6-17-35/h1-27H,28,52-56H2,(H2,57,58,59). The first-order chi connectivity index (χ1) is 29.7. The van der Waals surface area contributed by atoms with Crippen molar-refractivity contribution in [2.24, 2.45) is 15.7 Å². The Balaban J connectivity index is 1.04. The predicted molar refractivity (Wildman–Crippen MR) is 274 cm³/mol. The summed E-state index contributed by atoms with van der Waals surface area (Å²) in [5.74, 6) is 0.993. The molecule has 0 radical (unpaired) electrons. The number of aliphatic imine (C=N–C) groups is 2. The lowest BCUT2D eigenvalue weighted by atomic mass is 9.59. The zero-order chi connectivity index (χ0) is 41.8. The molecule has 0 aliphatic rings. The molecule has 0 aliphatic heterocycles. The minimum atomic E-state index is 0.391. The third-order valence-electron chi connectivity index (χ3n) is 12.7. The Morgan fingerprint density at radius 2 is 1.13 bits per heavy atom. The Hall–Kier alpha value is -7.18. The fraction of sp³-hybridized carbons (Fsp3) is 0.0196. The maximum absolute atomic E-state index is 6.88. The van der Waals surface area contributed by atoms with Crippen LogP contribution in [0, 0.1) is 0 Å². The molecule has 10 aromatic rings. The van der Waals surface area contributed by atoms with Gasteiger partial charge >= 0.3 is 0 Å². The summed E-state index contributed by atoms with van der Waals surface area (Å²) in [6.45, 7) is 0.391. The number of para-hydroxylation sites is 2. The van der Waals surface area contributed by atoms with E-state index in [4.69, 9.17) is 20.1 Å². The van der Waals surface area contributed by atoms with Crippen molar-refractivity contribution in [2.45, 2.75) is 6.54 Å². The minimum absolute atomic E-state index is 0.391. The third-order valence-corrected chi connectivity index (χ3v) is 12.7. The van der Waals surface area contributed by atoms with Gasteiger partial charge in [-0.25, -0.2) is 4.99 Å². The van der Waals surface area contributed by atoms with Gasteiger partial charge in [-0.1, -0.05) is 120 Å². The van der Waals surface area contributed by atoms with E-state index in [2.05, 4.69) is 159 Å². The van der Waals surface area contributed by atoms with Crippen LogP contribution in [0.1, 0.15) is 16.7 Å². The van der Waals surface area contributed by atoms with Gasteiger partial charge in [0.2, 0.25) is 0 Å². The van der Waals surface area contributed by atoms with Crippen molar-refractivity contribution in [3.63, 3.8) is 0 Å². The van der Waals surface area contributed by atoms with Crippen molar-refractivity contribution in [3.8, 4) is 27.9 Å². The quantitative estimate of drug-likeness (QED) is 0.153. The molecule has 0 amide bonds. The molecule has 2 aromatic heterocycles. The van der Waals surface area contributed by atoms with Crippen LogP contribution in [0.2, 0.25) is 0 Å². The summed E-state index contributed by atoms with van der Waals surface area (Å²) < 4.78 is 8.81. The molecular formula is C51H41B5N4O. The van der Waals surface area contributed by atoms with Gasteiger partial charge in [0.05, 0.1) is 17.6 Å². The molecule has 0 aliphatic carbocycles. The van der Waals surface area contributed by atoms with E-state index in [1.165, 1.54) is 54.7 Å². The lowest BCUT2D eigenvalue weighted by Gasteiger charge is -2.20. The summed E-state index contributed by atoms with van der Waals surface area (Å²) in [4.78, 5) is 10.2. The van der Waals surface area contributed by atoms with Gasteiger partial charge < -0.3 is 14.7 Å². The molecule has 0 fully saturated rings. The largest absolute Gasteiger partial charge is 0.456 e. The number of benzene rings is 8. The van der Waals surface area contributed by atoms with Gasteiger partial charge in [-0.3, -0.25) is 4.99 Å². The van der Waals surface area contributed by atoms with E-state index in [1.54, 1.807) is 0 Å². The highest BCUT2D eigenvalue weighted by Gasteiger charge is 2.17. The van der Waals surface area contributed by atoms with Crippen LogP contribution in [-0.4, -0.2) is 55.5 Å². The molecular weight excluding hydrogens is 739 g/mol. The maximum Gasteiger partial charge on any atom is 0.157 e. The highest BCUT2D eigenvalue weighted by molar-refractivity contribution is 6.68. The maximum atomic E-state index is 6.88. The van der Waals surface area contributed by atoms with E-state index in [1.807, 2.05) is 48.5 Å². The molecule has 0 atom stereocenters. The summed E-state index contributed by atoms with van der Waals surface area (Å²) in [5, 5.41) is 4.55. The smallest absolute Gasteiger partial charge is 0.157 e. The Morgan fingerprint density at radius 1 is 0.508 bits per heavy atom. The SMILES string of the molecule is Bc1c(B)c(B)c(-c2cccc(/C(N)=N/C(=N\Cc3cccc4oc5ccc(-c6ccc7c(c6)c6ccccc6n7-c6ccccc6)cc5c34)c3ccccc3)c2)c(B)c1B. The number of hydrogen-bond acceptors (Lipinski definition) is 2. The van der Waals surface area contributed by atoms with Crippen LogP contribution < -0.4 is 33.0 Å². The highest BCUT2D eigenvalue weighted by atomic mass is 16.3. The number of fused-ring (bicyclic) bond motifs is 6. The third kappa shape index (κ3) is 6.69. The van der Waals surface area contributed by atoms with E-state index in [0.717, 1.165) is 61.0 Å². The number of nitrogens with zero attached hydrogens (tertiary/aromatic N) is 3. The van der Waals surface area contributed by atoms with E-state index in [-0.39, 0.29) is 0 Å². The van der Waals surface area contributed by atoms with Crippen LogP contribution in [0.3, 0.4) is 0 Å². The van der Waals surface area contributed by atoms with Gasteiger partial charge in [-0.15, -0.1) is 16.4 Å². The number of rotatable bonds is 7. The van der Waals surface area contributed by atoms with E-state index >= 15 is 0 Å². The summed E-state index contributed by atoms with van der Waals surface area (Å²) in [6.07, 6.45) is 0. The molecule has 0 saturated carbocycles. The molecule has 10 rings (SSSR count). The Bertz CT molecular complexity index is 3380. The topological polar surface area (TPSA) is 68.8 Å². The second-order valence-electron chi connectivity index (χ2n) is 16.1. The average molecular weight is 780 g/mol. The van der Waals surface area contributed by atoms with Gasteiger partial charge in [-0.2, -0.15) is 0 Å². The first kappa shape index (κ1) is 38.1. The predicted octanol–water partition coefficient (Wildman–Crippen LogP) is 3.66. The van der Waals surface area contributed by atoms with Crippen LogP contribution in [-0.2, 0) is 6.54 Å². The number of aromatic nitrogens is 1. The monoisotopic (exact) mass is 780 g/mol. The lowest BCUT2D eigenvalue weighted by Crippen LogP contribution is -2.55. The molecule has 2 heterocycles. The van der Waals surface area contributed by atoms with Crippen molar-refractivity contribution in [2.75, 3.05) is 0 Å². The van der Waals surface area contributed by atoms with Crippen LogP contribution in [0.5, 0.6) is 0 Å². The second-order valence-corrected chi connectivity index (χ2v) is 16.1. The summed E-state index contributed by atoms with van der Waals surface area (Å²) in [5.41, 5.74) is 26.1. The molecule has 0 saturated heterocycles. The van der Waals surface area contributed by atoms with Crippen molar-refractivity contribution in [1.82, 2.24) is 4.57 Å². The molecule has 5 nitrogen and oxygen atoms in total. The molecule has 61 heavy (non-hydrogen) atoms. The van der Waals surface area contributed by atoms with Gasteiger partial charge in [0.15, 0.2) is 5.84 Å². The average Bonchev–Trinajstić information content (AvgIpc) is 3.85. The minimum Gasteiger partial charge on any atom is -0.456 e. The molecule has 286 valence electrons. The Morgan fingerprint density at radius 3 is 1.90 bits per heavy atom. The Kier molecular flexibility index (Phi) is 9.64. The van der Waals surface area contributed by atoms with Crippen LogP contribution >= 0.6 is 0 Å². The fourth-order valence-corrected chi connectivity index (χ4v) is 9.10. The first-order valence-corrected chi connectivity index (χ1v) is 20.9. The van der Waals surface area contributed by atoms with Gasteiger partial charge in [-0.05, 0) is 82.4 Å².